The summed E-state index contributed by atoms with van der Waals surface area (Å²) in [6.45, 7) is 6.00. The van der Waals surface area contributed by atoms with Gasteiger partial charge in [0, 0.05) is 44.4 Å². The third-order valence-electron chi connectivity index (χ3n) is 8.37. The fourth-order valence-corrected chi connectivity index (χ4v) is 6.16. The van der Waals surface area contributed by atoms with Gasteiger partial charge < -0.3 is 25.8 Å². The molecular weight excluding hydrogens is 452 g/mol. The minimum absolute atomic E-state index is 0.333. The van der Waals surface area contributed by atoms with Crippen LogP contribution in [0.2, 0.25) is 0 Å². The molecule has 2 aliphatic carbocycles. The highest BCUT2D eigenvalue weighted by molar-refractivity contribution is 5.84. The van der Waals surface area contributed by atoms with Gasteiger partial charge in [-0.05, 0) is 76.5 Å². The zero-order valence-corrected chi connectivity index (χ0v) is 22.1. The minimum Gasteiger partial charge on any atom is -0.381 e. The molecule has 1 aliphatic heterocycles. The molecular formula is C27H46N8O. The Kier molecular flexibility index (Phi) is 8.93. The zero-order valence-electron chi connectivity index (χ0n) is 22.1. The van der Waals surface area contributed by atoms with Crippen molar-refractivity contribution < 1.29 is 4.74 Å². The van der Waals surface area contributed by atoms with Gasteiger partial charge in [0.25, 0.3) is 0 Å². The van der Waals surface area contributed by atoms with Crippen LogP contribution in [0.25, 0.3) is 11.2 Å². The quantitative estimate of drug-likeness (QED) is 0.377. The molecule has 0 aromatic carbocycles. The van der Waals surface area contributed by atoms with E-state index in [4.69, 9.17) is 25.4 Å². The van der Waals surface area contributed by atoms with E-state index in [0.717, 1.165) is 81.3 Å². The number of ether oxygens (including phenoxy) is 1. The second kappa shape index (κ2) is 12.5. The van der Waals surface area contributed by atoms with Gasteiger partial charge in [-0.2, -0.15) is 9.97 Å². The summed E-state index contributed by atoms with van der Waals surface area (Å²) in [5.74, 6) is 2.33. The molecule has 2 saturated carbocycles. The fraction of sp³-hybridized carbons (Fsp3) is 0.815. The highest BCUT2D eigenvalue weighted by Crippen LogP contribution is 2.34. The molecule has 3 aliphatic rings. The Bertz CT molecular complexity index is 943. The average Bonchev–Trinajstić information content (AvgIpc) is 3.57. The molecule has 1 saturated heterocycles. The largest absolute Gasteiger partial charge is 0.381 e. The van der Waals surface area contributed by atoms with Crippen LogP contribution in [-0.4, -0.2) is 62.9 Å². The van der Waals surface area contributed by atoms with Crippen LogP contribution in [-0.2, 0) is 4.74 Å². The van der Waals surface area contributed by atoms with Crippen molar-refractivity contribution in [2.75, 3.05) is 37.0 Å². The predicted molar refractivity (Wildman–Crippen MR) is 145 cm³/mol. The number of nitrogens with zero attached hydrogens (tertiary/aromatic N) is 5. The van der Waals surface area contributed by atoms with Crippen LogP contribution in [0.3, 0.4) is 0 Å². The number of nitrogens with two attached hydrogens (primary N) is 1. The number of hydrogen-bond donors (Lipinski definition) is 3. The summed E-state index contributed by atoms with van der Waals surface area (Å²) in [7, 11) is 0. The van der Waals surface area contributed by atoms with Gasteiger partial charge in [-0.3, -0.25) is 0 Å². The molecule has 0 bridgehead atoms. The number of hydrogen-bond acceptors (Lipinski definition) is 8. The molecule has 4 N–H and O–H groups in total. The molecule has 2 aromatic rings. The predicted octanol–water partition coefficient (Wildman–Crippen LogP) is 4.87. The second-order valence-electron chi connectivity index (χ2n) is 11.2. The topological polar surface area (TPSA) is 106 Å². The number of piperidine rings is 1. The van der Waals surface area contributed by atoms with Crippen molar-refractivity contribution in [2.24, 2.45) is 11.7 Å². The lowest BCUT2D eigenvalue weighted by Gasteiger charge is -2.32. The summed E-state index contributed by atoms with van der Waals surface area (Å²) in [6.07, 6.45) is 17.2. The van der Waals surface area contributed by atoms with E-state index in [1.165, 1.54) is 51.4 Å². The third kappa shape index (κ3) is 6.47. The van der Waals surface area contributed by atoms with E-state index in [2.05, 4.69) is 27.2 Å². The number of rotatable bonds is 11. The van der Waals surface area contributed by atoms with Crippen LogP contribution in [0.15, 0.2) is 6.33 Å². The van der Waals surface area contributed by atoms with Gasteiger partial charge in [-0.15, -0.1) is 0 Å². The second-order valence-corrected chi connectivity index (χ2v) is 11.2. The average molecular weight is 499 g/mol. The van der Waals surface area contributed by atoms with Crippen molar-refractivity contribution in [3.8, 4) is 0 Å². The fourth-order valence-electron chi connectivity index (χ4n) is 6.16. The smallest absolute Gasteiger partial charge is 0.227 e. The monoisotopic (exact) mass is 498 g/mol. The Morgan fingerprint density at radius 3 is 2.53 bits per heavy atom. The molecule has 0 unspecified atom stereocenters. The van der Waals surface area contributed by atoms with E-state index in [0.29, 0.717) is 24.1 Å². The summed E-state index contributed by atoms with van der Waals surface area (Å²) in [5, 5.41) is 5.96. The Balaban J connectivity index is 1.26. The number of imidazole rings is 1. The van der Waals surface area contributed by atoms with E-state index in [-0.39, 0.29) is 0 Å². The Labute approximate surface area is 215 Å². The third-order valence-corrected chi connectivity index (χ3v) is 8.37. The van der Waals surface area contributed by atoms with Gasteiger partial charge in [0.15, 0.2) is 17.0 Å². The van der Waals surface area contributed by atoms with E-state index >= 15 is 0 Å². The summed E-state index contributed by atoms with van der Waals surface area (Å²) < 4.78 is 7.96. The van der Waals surface area contributed by atoms with Crippen molar-refractivity contribution in [3.63, 3.8) is 0 Å². The summed E-state index contributed by atoms with van der Waals surface area (Å²) in [6, 6.07) is 1.21. The van der Waals surface area contributed by atoms with Gasteiger partial charge >= 0.3 is 0 Å². The van der Waals surface area contributed by atoms with Gasteiger partial charge in [0.1, 0.15) is 0 Å². The lowest BCUT2D eigenvalue weighted by molar-refractivity contribution is 0.121. The lowest BCUT2D eigenvalue weighted by Crippen LogP contribution is -2.38. The lowest BCUT2D eigenvalue weighted by atomic mass is 9.92. The number of hydrazine groups is 1. The van der Waals surface area contributed by atoms with Crippen molar-refractivity contribution in [1.29, 1.82) is 0 Å². The highest BCUT2D eigenvalue weighted by atomic mass is 16.5. The number of aromatic nitrogens is 4. The summed E-state index contributed by atoms with van der Waals surface area (Å²) in [4.78, 5) is 14.7. The number of nitrogens with one attached hydrogen (secondary N) is 2. The molecule has 3 heterocycles. The van der Waals surface area contributed by atoms with Crippen molar-refractivity contribution in [3.05, 3.63) is 6.33 Å². The number of fused-ring (bicyclic) bond motifs is 1. The van der Waals surface area contributed by atoms with Crippen LogP contribution in [0.5, 0.6) is 0 Å². The molecule has 36 heavy (non-hydrogen) atoms. The van der Waals surface area contributed by atoms with Crippen molar-refractivity contribution >= 4 is 22.9 Å². The molecule has 200 valence electrons. The van der Waals surface area contributed by atoms with E-state index < -0.39 is 0 Å². The Morgan fingerprint density at radius 2 is 1.78 bits per heavy atom. The molecule has 9 nitrogen and oxygen atoms in total. The van der Waals surface area contributed by atoms with E-state index in [1.807, 2.05) is 6.33 Å². The van der Waals surface area contributed by atoms with Crippen LogP contribution in [0.4, 0.5) is 11.8 Å². The summed E-state index contributed by atoms with van der Waals surface area (Å²) >= 11 is 0. The molecule has 2 aromatic heterocycles. The molecule has 3 fully saturated rings. The molecule has 9 heteroatoms. The van der Waals surface area contributed by atoms with Crippen LogP contribution in [0, 0.1) is 5.92 Å². The SMILES string of the molecule is CCCOCCCC1CCN(Nc2nc(N[C@H]3CC[C@H](N)CC3)nc3c2ncn3C2CCCC2)CC1. The maximum absolute atomic E-state index is 6.13. The van der Waals surface area contributed by atoms with Crippen molar-refractivity contribution in [1.82, 2.24) is 24.5 Å². The van der Waals surface area contributed by atoms with Crippen LogP contribution < -0.4 is 16.5 Å². The van der Waals surface area contributed by atoms with Crippen LogP contribution in [0.1, 0.15) is 96.4 Å². The van der Waals surface area contributed by atoms with Crippen LogP contribution >= 0.6 is 0 Å². The molecule has 0 spiro atoms. The first kappa shape index (κ1) is 25.7. The maximum Gasteiger partial charge on any atom is 0.227 e. The van der Waals surface area contributed by atoms with Gasteiger partial charge in [0.2, 0.25) is 5.95 Å². The highest BCUT2D eigenvalue weighted by Gasteiger charge is 2.25. The molecule has 0 amide bonds. The Morgan fingerprint density at radius 1 is 1.00 bits per heavy atom. The molecule has 5 rings (SSSR count). The first-order valence-electron chi connectivity index (χ1n) is 14.6. The van der Waals surface area contributed by atoms with Gasteiger partial charge in [0.05, 0.1) is 6.33 Å². The zero-order chi connectivity index (χ0) is 24.7. The first-order valence-corrected chi connectivity index (χ1v) is 14.6. The normalized spacial score (nSPS) is 24.5. The maximum atomic E-state index is 6.13. The molecule has 0 atom stereocenters. The Hall–Kier alpha value is -1.97. The molecule has 0 radical (unpaired) electrons. The van der Waals surface area contributed by atoms with Gasteiger partial charge in [-0.1, -0.05) is 19.8 Å². The van der Waals surface area contributed by atoms with Crippen molar-refractivity contribution in [2.45, 2.75) is 109 Å². The van der Waals surface area contributed by atoms with E-state index in [1.54, 1.807) is 0 Å². The summed E-state index contributed by atoms with van der Waals surface area (Å²) in [5.41, 5.74) is 11.6. The minimum atomic E-state index is 0.333. The number of anilines is 2. The standard InChI is InChI=1S/C27H46N8O/c1-2-17-36-18-5-6-20-13-15-34(16-14-20)33-25-24-26(35(19-29-24)23-7-3-4-8-23)32-27(31-25)30-22-11-9-21(28)10-12-22/h19-23H,2-18,28H2,1H3,(H2,30,31,32,33)/t21-,22-. The van der Waals surface area contributed by atoms with E-state index in [9.17, 15) is 0 Å². The van der Waals surface area contributed by atoms with Gasteiger partial charge in [-0.25, -0.2) is 9.99 Å². The first-order chi connectivity index (χ1) is 17.7.